The lowest BCUT2D eigenvalue weighted by Gasteiger charge is -2.22. The number of pyridine rings is 2. The molecule has 0 atom stereocenters. The number of rotatable bonds is 4. The third-order valence-corrected chi connectivity index (χ3v) is 13.4. The number of aromatic nitrogens is 4. The molecule has 0 spiro atoms. The van der Waals surface area contributed by atoms with Crippen LogP contribution >= 0.6 is 0 Å². The van der Waals surface area contributed by atoms with Gasteiger partial charge in [-0.2, -0.15) is 10.5 Å². The first-order valence-electron chi connectivity index (χ1n) is 22.5. The van der Waals surface area contributed by atoms with Gasteiger partial charge < -0.3 is 9.13 Å². The molecule has 0 radical (unpaired) electrons. The highest BCUT2D eigenvalue weighted by Gasteiger charge is 2.24. The van der Waals surface area contributed by atoms with E-state index in [0.717, 1.165) is 110 Å². The number of nitriles is 2. The quantitative estimate of drug-likeness (QED) is 0.130. The second kappa shape index (κ2) is 15.3. The third kappa shape index (κ3) is 6.54. The molecule has 0 amide bonds. The first kappa shape index (κ1) is 41.6. The van der Waals surface area contributed by atoms with E-state index in [1.807, 2.05) is 85.2 Å². The highest BCUT2D eigenvalue weighted by Crippen LogP contribution is 2.46. The van der Waals surface area contributed by atoms with Gasteiger partial charge in [0.25, 0.3) is 0 Å². The maximum Gasteiger partial charge on any atom is 0.188 e. The van der Waals surface area contributed by atoms with E-state index in [1.54, 1.807) is 0 Å². The number of hydrogen-bond acceptors (Lipinski definition) is 4. The zero-order valence-corrected chi connectivity index (χ0v) is 38.4. The summed E-state index contributed by atoms with van der Waals surface area (Å²) in [5.74, 6) is 0. The van der Waals surface area contributed by atoms with Crippen LogP contribution in [-0.4, -0.2) is 19.1 Å². The summed E-state index contributed by atoms with van der Waals surface area (Å²) in [5.41, 5.74) is 13.4. The summed E-state index contributed by atoms with van der Waals surface area (Å²) in [5, 5.41) is 27.5. The van der Waals surface area contributed by atoms with E-state index >= 15 is 0 Å². The Bertz CT molecular complexity index is 3710. The van der Waals surface area contributed by atoms with Gasteiger partial charge in [0.15, 0.2) is 11.4 Å². The van der Waals surface area contributed by atoms with Crippen LogP contribution in [0.2, 0.25) is 0 Å². The Hall–Kier alpha value is -9.08. The van der Waals surface area contributed by atoms with Gasteiger partial charge in [0.2, 0.25) is 0 Å². The minimum absolute atomic E-state index is 0.104. The molecule has 11 aromatic rings. The van der Waals surface area contributed by atoms with Crippen LogP contribution in [0.4, 0.5) is 11.4 Å². The molecule has 8 nitrogen and oxygen atoms in total. The first-order chi connectivity index (χ1) is 32.8. The van der Waals surface area contributed by atoms with Crippen molar-refractivity contribution in [1.82, 2.24) is 19.1 Å². The molecule has 0 aliphatic heterocycles. The molecule has 11 rings (SSSR count). The zero-order valence-electron chi connectivity index (χ0n) is 38.4. The van der Waals surface area contributed by atoms with Gasteiger partial charge in [-0.25, -0.2) is 9.69 Å². The summed E-state index contributed by atoms with van der Waals surface area (Å²) in [6, 6.07) is 49.5. The molecule has 4 aromatic heterocycles. The van der Waals surface area contributed by atoms with Crippen molar-refractivity contribution in [1.29, 1.82) is 10.5 Å². The molecule has 0 aliphatic rings. The lowest BCUT2D eigenvalue weighted by molar-refractivity contribution is 0.587. The number of fused-ring (bicyclic) bond motifs is 8. The van der Waals surface area contributed by atoms with Gasteiger partial charge in [-0.3, -0.25) is 9.97 Å². The summed E-state index contributed by atoms with van der Waals surface area (Å²) in [4.78, 5) is 18.0. The Kier molecular flexibility index (Phi) is 9.33. The minimum atomic E-state index is -0.104. The fourth-order valence-corrected chi connectivity index (χ4v) is 9.86. The van der Waals surface area contributed by atoms with Gasteiger partial charge in [0, 0.05) is 45.7 Å². The maximum absolute atomic E-state index is 9.94. The van der Waals surface area contributed by atoms with E-state index < -0.39 is 0 Å². The molecule has 0 saturated heterocycles. The fourth-order valence-electron chi connectivity index (χ4n) is 9.86. The molecular formula is C60H42N8. The first-order valence-corrected chi connectivity index (χ1v) is 22.5. The highest BCUT2D eigenvalue weighted by atomic mass is 15.0. The molecular weight excluding hydrogens is 833 g/mol. The van der Waals surface area contributed by atoms with Crippen LogP contribution < -0.4 is 0 Å². The topological polar surface area (TPSA) is 91.9 Å². The van der Waals surface area contributed by atoms with Crippen LogP contribution in [0.25, 0.3) is 109 Å². The largest absolute Gasteiger partial charge is 0.309 e. The lowest BCUT2D eigenvalue weighted by Crippen LogP contribution is -2.11. The Balaban J connectivity index is 1.27. The van der Waals surface area contributed by atoms with E-state index in [0.29, 0.717) is 22.5 Å². The molecule has 8 heteroatoms. The summed E-state index contributed by atoms with van der Waals surface area (Å²) in [6.45, 7) is 28.8. The zero-order chi connectivity index (χ0) is 47.2. The molecule has 7 aromatic carbocycles. The number of hydrogen-bond donors (Lipinski definition) is 0. The molecule has 4 heterocycles. The fraction of sp³-hybridized carbons (Fsp3) is 0.133. The van der Waals surface area contributed by atoms with Crippen LogP contribution in [-0.2, 0) is 10.8 Å². The predicted molar refractivity (Wildman–Crippen MR) is 276 cm³/mol. The van der Waals surface area contributed by atoms with Gasteiger partial charge in [0.1, 0.15) is 0 Å². The molecule has 0 bridgehead atoms. The van der Waals surface area contributed by atoms with Crippen LogP contribution in [0.3, 0.4) is 0 Å². The third-order valence-electron chi connectivity index (χ3n) is 13.4. The van der Waals surface area contributed by atoms with Crippen LogP contribution in [0.1, 0.15) is 63.8 Å². The van der Waals surface area contributed by atoms with Gasteiger partial charge >= 0.3 is 0 Å². The van der Waals surface area contributed by atoms with Gasteiger partial charge in [-0.15, -0.1) is 0 Å². The van der Waals surface area contributed by atoms with Crippen molar-refractivity contribution in [2.24, 2.45) is 0 Å². The standard InChI is InChI=1S/C60H42N8/c1-59(2,3)37-11-19-51(65-33-37)57-43-17-15-42(68-54-22-10-36(32-62)26-46(54)48-28-40(64-8)14-24-56(48)68)30-50(43)58(52-20-12-38(34-66-52)60(4,5)6)44-18-16-41(29-49(44)57)67-53-21-9-35(31-61)25-45(53)47-27-39(63-7)13-23-55(47)67/h9-30,33-34H,1-6H3. The Morgan fingerprint density at radius 3 is 1.15 bits per heavy atom. The normalized spacial score (nSPS) is 11.9. The van der Waals surface area contributed by atoms with Gasteiger partial charge in [0.05, 0.1) is 69.9 Å². The molecule has 0 N–H and O–H groups in total. The van der Waals surface area contributed by atoms with Crippen molar-refractivity contribution >= 4 is 76.5 Å². The lowest BCUT2D eigenvalue weighted by atomic mass is 9.85. The van der Waals surface area contributed by atoms with Gasteiger partial charge in [-0.1, -0.05) is 77.9 Å². The molecule has 0 fully saturated rings. The highest BCUT2D eigenvalue weighted by molar-refractivity contribution is 6.22. The predicted octanol–water partition coefficient (Wildman–Crippen LogP) is 15.8. The summed E-state index contributed by atoms with van der Waals surface area (Å²) >= 11 is 0. The van der Waals surface area contributed by atoms with E-state index in [-0.39, 0.29) is 10.8 Å². The van der Waals surface area contributed by atoms with Crippen molar-refractivity contribution in [2.45, 2.75) is 52.4 Å². The van der Waals surface area contributed by atoms with Crippen LogP contribution in [0.5, 0.6) is 0 Å². The van der Waals surface area contributed by atoms with Crippen LogP contribution in [0.15, 0.2) is 146 Å². The maximum atomic E-state index is 9.94. The second-order valence-electron chi connectivity index (χ2n) is 19.6. The smallest absolute Gasteiger partial charge is 0.188 e. The number of benzene rings is 7. The van der Waals surface area contributed by atoms with E-state index in [4.69, 9.17) is 23.1 Å². The summed E-state index contributed by atoms with van der Waals surface area (Å²) in [7, 11) is 0. The Labute approximate surface area is 393 Å². The minimum Gasteiger partial charge on any atom is -0.309 e. The monoisotopic (exact) mass is 874 g/mol. The summed E-state index contributed by atoms with van der Waals surface area (Å²) in [6.07, 6.45) is 3.98. The Morgan fingerprint density at radius 1 is 0.426 bits per heavy atom. The van der Waals surface area contributed by atoms with Crippen molar-refractivity contribution in [3.05, 3.63) is 191 Å². The molecule has 0 aliphatic carbocycles. The van der Waals surface area contributed by atoms with Gasteiger partial charge in [-0.05, 0) is 151 Å². The van der Waals surface area contributed by atoms with Crippen LogP contribution in [0, 0.1) is 35.8 Å². The van der Waals surface area contributed by atoms with Crippen molar-refractivity contribution in [2.75, 3.05) is 0 Å². The van der Waals surface area contributed by atoms with Crippen molar-refractivity contribution in [3.8, 4) is 46.0 Å². The van der Waals surface area contributed by atoms with Crippen molar-refractivity contribution in [3.63, 3.8) is 0 Å². The van der Waals surface area contributed by atoms with Crippen molar-refractivity contribution < 1.29 is 0 Å². The molecule has 68 heavy (non-hydrogen) atoms. The average Bonchev–Trinajstić information content (AvgIpc) is 3.85. The van der Waals surface area contributed by atoms with E-state index in [2.05, 4.69) is 133 Å². The number of nitrogens with zero attached hydrogens (tertiary/aromatic N) is 8. The average molecular weight is 875 g/mol. The Morgan fingerprint density at radius 2 is 0.809 bits per heavy atom. The molecule has 0 unspecified atom stereocenters. The van der Waals surface area contributed by atoms with E-state index in [1.165, 1.54) is 0 Å². The van der Waals surface area contributed by atoms with E-state index in [9.17, 15) is 10.5 Å². The SMILES string of the molecule is [C-]#[N+]c1ccc2c(c1)c1cc(C#N)ccc1n2-c1ccc2c(-c3ccc(C(C)(C)C)cn3)c3cc(-n4c5ccc(C#N)cc5c5cc([N+]#[C-])ccc54)ccc3c(-c3ccc(C(C)(C)C)cn3)c2c1. The second-order valence-corrected chi connectivity index (χ2v) is 19.6. The molecule has 0 saturated carbocycles. The molecule has 322 valence electrons. The summed E-state index contributed by atoms with van der Waals surface area (Å²) < 4.78 is 4.45.